The number of allylic oxidation sites excluding steroid dienone is 1. The fourth-order valence-corrected chi connectivity index (χ4v) is 3.29. The van der Waals surface area contributed by atoms with Crippen molar-refractivity contribution >= 4 is 17.0 Å². The largest absolute Gasteiger partial charge is 0.628 e. The summed E-state index contributed by atoms with van der Waals surface area (Å²) in [6.45, 7) is 0. The average molecular weight is 318 g/mol. The summed E-state index contributed by atoms with van der Waals surface area (Å²) in [5.41, 5.74) is 15.5. The summed E-state index contributed by atoms with van der Waals surface area (Å²) >= 11 is 0. The van der Waals surface area contributed by atoms with Crippen molar-refractivity contribution in [1.82, 2.24) is 0 Å². The van der Waals surface area contributed by atoms with Gasteiger partial charge in [0.25, 0.3) is 0 Å². The van der Waals surface area contributed by atoms with Crippen LogP contribution in [0.25, 0.3) is 22.4 Å². The zero-order valence-electron chi connectivity index (χ0n) is 13.3. The molecule has 4 rings (SSSR count). The lowest BCUT2D eigenvalue weighted by atomic mass is 9.90. The van der Waals surface area contributed by atoms with Gasteiger partial charge in [-0.1, -0.05) is 78.6 Å². The zero-order chi connectivity index (χ0) is 16.5. The first-order valence-electron chi connectivity index (χ1n) is 8.18. The molecule has 2 aromatic carbocycles. The van der Waals surface area contributed by atoms with Gasteiger partial charge < -0.3 is 21.2 Å². The molecule has 0 saturated carbocycles. The summed E-state index contributed by atoms with van der Waals surface area (Å²) in [5.74, 6) is 0.919. The molecule has 0 spiro atoms. The molecule has 4 heteroatoms. The van der Waals surface area contributed by atoms with Crippen molar-refractivity contribution in [2.75, 3.05) is 0 Å². The van der Waals surface area contributed by atoms with Crippen molar-refractivity contribution in [2.24, 2.45) is 11.5 Å². The van der Waals surface area contributed by atoms with Crippen LogP contribution in [0.5, 0.6) is 0 Å². The van der Waals surface area contributed by atoms with Gasteiger partial charge in [-0.25, -0.2) is 0 Å². The quantitative estimate of drug-likeness (QED) is 0.754. The Kier molecular flexibility index (Phi) is 3.94. The highest BCUT2D eigenvalue weighted by molar-refractivity contribution is 5.89. The number of benzene rings is 2. The summed E-state index contributed by atoms with van der Waals surface area (Å²) < 4.78 is 6.08. The van der Waals surface area contributed by atoms with Gasteiger partial charge in [0.15, 0.2) is 0 Å². The van der Waals surface area contributed by atoms with Crippen LogP contribution in [0.4, 0.5) is 0 Å². The molecule has 0 fully saturated rings. The summed E-state index contributed by atoms with van der Waals surface area (Å²) in [7, 11) is 0. The van der Waals surface area contributed by atoms with Gasteiger partial charge in [0.1, 0.15) is 11.3 Å². The van der Waals surface area contributed by atoms with Crippen molar-refractivity contribution in [3.8, 4) is 0 Å². The van der Waals surface area contributed by atoms with Gasteiger partial charge in [-0.2, -0.15) is 0 Å². The van der Waals surface area contributed by atoms with E-state index in [1.54, 1.807) is 0 Å². The number of hydrogen-bond donors (Lipinski definition) is 2. The highest BCUT2D eigenvalue weighted by Crippen LogP contribution is 2.40. The van der Waals surface area contributed by atoms with Crippen molar-refractivity contribution in [1.29, 1.82) is 0 Å². The van der Waals surface area contributed by atoms with Crippen LogP contribution in [-0.2, 0) is 0 Å². The van der Waals surface area contributed by atoms with E-state index in [9.17, 15) is 0 Å². The highest BCUT2D eigenvalue weighted by atomic mass is 16.3. The van der Waals surface area contributed by atoms with Gasteiger partial charge in [-0.15, -0.1) is 0 Å². The Morgan fingerprint density at radius 2 is 1.75 bits per heavy atom. The molecular formula is C20H20N3O-. The number of para-hydroxylation sites is 1. The third kappa shape index (κ3) is 2.65. The first kappa shape index (κ1) is 15.1. The lowest BCUT2D eigenvalue weighted by Gasteiger charge is -2.39. The Bertz CT molecular complexity index is 869. The minimum Gasteiger partial charge on any atom is -0.628 e. The predicted molar refractivity (Wildman–Crippen MR) is 97.3 cm³/mol. The van der Waals surface area contributed by atoms with Crippen molar-refractivity contribution < 1.29 is 4.42 Å². The van der Waals surface area contributed by atoms with Crippen LogP contribution < -0.4 is 11.5 Å². The summed E-state index contributed by atoms with van der Waals surface area (Å²) in [6, 6.07) is 17.9. The minimum absolute atomic E-state index is 0.00663. The number of hydrogen-bond acceptors (Lipinski definition) is 3. The van der Waals surface area contributed by atoms with Crippen molar-refractivity contribution in [2.45, 2.75) is 24.7 Å². The Morgan fingerprint density at radius 3 is 2.58 bits per heavy atom. The summed E-state index contributed by atoms with van der Waals surface area (Å²) in [6.07, 6.45) is 4.21. The van der Waals surface area contributed by atoms with Gasteiger partial charge in [0.2, 0.25) is 0 Å². The predicted octanol–water partition coefficient (Wildman–Crippen LogP) is 4.25. The van der Waals surface area contributed by atoms with Gasteiger partial charge in [0.05, 0.1) is 0 Å². The van der Waals surface area contributed by atoms with Crippen LogP contribution >= 0.6 is 0 Å². The first-order valence-corrected chi connectivity index (χ1v) is 8.18. The molecule has 24 heavy (non-hydrogen) atoms. The molecule has 4 nitrogen and oxygen atoms in total. The molecule has 1 aromatic heterocycles. The van der Waals surface area contributed by atoms with E-state index >= 15 is 0 Å². The average Bonchev–Trinajstić information content (AvgIpc) is 3.01. The smallest absolute Gasteiger partial charge is 0.134 e. The van der Waals surface area contributed by atoms with Crippen LogP contribution in [0.3, 0.4) is 0 Å². The lowest BCUT2D eigenvalue weighted by molar-refractivity contribution is 0.446. The maximum atomic E-state index is 6.38. The molecular weight excluding hydrogens is 298 g/mol. The Balaban J connectivity index is 1.60. The fraction of sp³-hybridized carbons (Fsp3) is 0.200. The van der Waals surface area contributed by atoms with Gasteiger partial charge in [-0.3, -0.25) is 0 Å². The second-order valence-electron chi connectivity index (χ2n) is 6.12. The van der Waals surface area contributed by atoms with E-state index in [0.717, 1.165) is 34.3 Å². The van der Waals surface area contributed by atoms with E-state index in [2.05, 4.69) is 23.5 Å². The standard InChI is InChI=1S/C20H20N3O/c21-19(13-7-2-1-3-8-13)23-20(22)16-11-6-10-15-14-9-4-5-12-17(14)24-18(15)16/h1-10,12,16,19-20H,11,21-22H2/q-1. The topological polar surface area (TPSA) is 79.3 Å². The van der Waals surface area contributed by atoms with E-state index < -0.39 is 12.3 Å². The Morgan fingerprint density at radius 1 is 1.00 bits per heavy atom. The molecule has 122 valence electrons. The van der Waals surface area contributed by atoms with Gasteiger partial charge in [-0.05, 0) is 12.5 Å². The van der Waals surface area contributed by atoms with Crippen molar-refractivity contribution in [3.05, 3.63) is 82.9 Å². The van der Waals surface area contributed by atoms with E-state index in [1.807, 2.05) is 48.5 Å². The van der Waals surface area contributed by atoms with E-state index in [1.165, 1.54) is 0 Å². The van der Waals surface area contributed by atoms with Crippen LogP contribution in [0, 0.1) is 0 Å². The lowest BCUT2D eigenvalue weighted by Crippen LogP contribution is -2.31. The molecule has 4 N–H and O–H groups in total. The van der Waals surface area contributed by atoms with E-state index in [4.69, 9.17) is 15.9 Å². The number of nitrogens with zero attached hydrogens (tertiary/aromatic N) is 1. The SMILES string of the molecule is NC([N-]C(N)C1CC=Cc2c1oc1ccccc21)c1ccccc1. The molecule has 0 radical (unpaired) electrons. The normalized spacial score (nSPS) is 19.2. The molecule has 1 aliphatic rings. The van der Waals surface area contributed by atoms with Gasteiger partial charge >= 0.3 is 0 Å². The number of rotatable bonds is 4. The zero-order valence-corrected chi connectivity index (χ0v) is 13.3. The molecule has 3 atom stereocenters. The minimum atomic E-state index is -0.431. The third-order valence-electron chi connectivity index (χ3n) is 4.56. The molecule has 0 saturated heterocycles. The maximum absolute atomic E-state index is 6.38. The molecule has 1 aliphatic carbocycles. The third-order valence-corrected chi connectivity index (χ3v) is 4.56. The Hall–Kier alpha value is -2.40. The second kappa shape index (κ2) is 6.24. The van der Waals surface area contributed by atoms with Crippen LogP contribution in [0.2, 0.25) is 0 Å². The number of nitrogens with two attached hydrogens (primary N) is 2. The second-order valence-corrected chi connectivity index (χ2v) is 6.12. The number of furan rings is 1. The highest BCUT2D eigenvalue weighted by Gasteiger charge is 2.25. The van der Waals surface area contributed by atoms with E-state index in [-0.39, 0.29) is 5.92 Å². The van der Waals surface area contributed by atoms with Crippen LogP contribution in [-0.4, -0.2) is 6.17 Å². The molecule has 3 unspecified atom stereocenters. The molecule has 0 amide bonds. The van der Waals surface area contributed by atoms with Crippen molar-refractivity contribution in [3.63, 3.8) is 0 Å². The molecule has 0 bridgehead atoms. The first-order chi connectivity index (χ1) is 11.7. The fourth-order valence-electron chi connectivity index (χ4n) is 3.29. The van der Waals surface area contributed by atoms with Crippen LogP contribution in [0.1, 0.15) is 35.4 Å². The molecule has 0 aliphatic heterocycles. The Labute approximate surface area is 141 Å². The molecule has 3 aromatic rings. The van der Waals surface area contributed by atoms with Gasteiger partial charge in [0, 0.05) is 16.9 Å². The van der Waals surface area contributed by atoms with E-state index in [0.29, 0.717) is 0 Å². The monoisotopic (exact) mass is 318 g/mol. The maximum Gasteiger partial charge on any atom is 0.134 e. The summed E-state index contributed by atoms with van der Waals surface area (Å²) in [5, 5.41) is 5.72. The molecule has 1 heterocycles. The number of fused-ring (bicyclic) bond motifs is 3. The summed E-state index contributed by atoms with van der Waals surface area (Å²) in [4.78, 5) is 0. The van der Waals surface area contributed by atoms with Crippen LogP contribution in [0.15, 0.2) is 65.1 Å².